The summed E-state index contributed by atoms with van der Waals surface area (Å²) in [6.45, 7) is 4.39. The van der Waals surface area contributed by atoms with E-state index in [1.165, 1.54) is 0 Å². The summed E-state index contributed by atoms with van der Waals surface area (Å²) in [5.41, 5.74) is 0.581. The Bertz CT molecular complexity index is 383. The van der Waals surface area contributed by atoms with Crippen molar-refractivity contribution in [2.45, 2.75) is 25.9 Å². The molecule has 0 aliphatic carbocycles. The summed E-state index contributed by atoms with van der Waals surface area (Å²) < 4.78 is 10.8. The van der Waals surface area contributed by atoms with E-state index in [0.717, 1.165) is 31.7 Å². The minimum atomic E-state index is -0.245. The summed E-state index contributed by atoms with van der Waals surface area (Å²) in [5.74, 6) is 0.529. The molecule has 1 aliphatic heterocycles. The lowest BCUT2D eigenvalue weighted by Crippen LogP contribution is -2.33. The predicted octanol–water partition coefficient (Wildman–Crippen LogP) is 1.99. The van der Waals surface area contributed by atoms with Crippen LogP contribution in [-0.4, -0.2) is 31.8 Å². The number of piperidine rings is 1. The maximum Gasteiger partial charge on any atom is 0.338 e. The first-order chi connectivity index (χ1) is 8.79. The molecule has 0 atom stereocenters. The van der Waals surface area contributed by atoms with Gasteiger partial charge in [-0.25, -0.2) is 4.79 Å². The first-order valence-electron chi connectivity index (χ1n) is 6.44. The molecule has 1 heterocycles. The molecule has 18 heavy (non-hydrogen) atoms. The van der Waals surface area contributed by atoms with Crippen molar-refractivity contribution < 1.29 is 14.3 Å². The van der Waals surface area contributed by atoms with Crippen LogP contribution < -0.4 is 10.1 Å². The highest BCUT2D eigenvalue weighted by atomic mass is 16.5. The van der Waals surface area contributed by atoms with Crippen LogP contribution in [0.3, 0.4) is 0 Å². The highest BCUT2D eigenvalue weighted by Crippen LogP contribution is 2.15. The van der Waals surface area contributed by atoms with Crippen molar-refractivity contribution in [1.29, 1.82) is 0 Å². The number of nitrogens with one attached hydrogen (secondary N) is 1. The smallest absolute Gasteiger partial charge is 0.338 e. The van der Waals surface area contributed by atoms with Crippen LogP contribution in [-0.2, 0) is 4.74 Å². The predicted molar refractivity (Wildman–Crippen MR) is 68.9 cm³/mol. The number of carbonyl (C=O) groups excluding carboxylic acids is 1. The monoisotopic (exact) mass is 249 g/mol. The lowest BCUT2D eigenvalue weighted by atomic mass is 10.1. The molecule has 4 nitrogen and oxygen atoms in total. The second kappa shape index (κ2) is 6.40. The van der Waals surface area contributed by atoms with Crippen molar-refractivity contribution in [3.05, 3.63) is 29.8 Å². The average Bonchev–Trinajstić information content (AvgIpc) is 2.41. The Labute approximate surface area is 107 Å². The van der Waals surface area contributed by atoms with Crippen molar-refractivity contribution in [3.8, 4) is 5.75 Å². The van der Waals surface area contributed by atoms with Gasteiger partial charge >= 0.3 is 5.97 Å². The van der Waals surface area contributed by atoms with Crippen molar-refractivity contribution >= 4 is 5.97 Å². The molecule has 1 N–H and O–H groups in total. The lowest BCUT2D eigenvalue weighted by Gasteiger charge is -2.22. The van der Waals surface area contributed by atoms with Crippen molar-refractivity contribution in [3.63, 3.8) is 0 Å². The molecule has 2 rings (SSSR count). The molecule has 0 saturated carbocycles. The van der Waals surface area contributed by atoms with Gasteiger partial charge < -0.3 is 14.8 Å². The van der Waals surface area contributed by atoms with Gasteiger partial charge in [-0.3, -0.25) is 0 Å². The molecular formula is C14H19NO3. The molecule has 0 aromatic heterocycles. The van der Waals surface area contributed by atoms with E-state index in [1.807, 2.05) is 6.92 Å². The van der Waals surface area contributed by atoms with E-state index in [-0.39, 0.29) is 12.1 Å². The Morgan fingerprint density at radius 1 is 1.28 bits per heavy atom. The standard InChI is InChI=1S/C14H19NO3/c1-2-17-12-5-3-11(4-6-12)14(16)18-13-7-9-15-10-8-13/h3-6,13,15H,2,7-10H2,1H3. The summed E-state index contributed by atoms with van der Waals surface area (Å²) in [5, 5.41) is 3.24. The highest BCUT2D eigenvalue weighted by Gasteiger charge is 2.18. The first kappa shape index (κ1) is 12.9. The number of ether oxygens (including phenoxy) is 2. The van der Waals surface area contributed by atoms with Crippen LogP contribution in [0, 0.1) is 0 Å². The normalized spacial score (nSPS) is 16.3. The minimum Gasteiger partial charge on any atom is -0.494 e. The van der Waals surface area contributed by atoms with Crippen LogP contribution in [0.25, 0.3) is 0 Å². The second-order valence-corrected chi connectivity index (χ2v) is 4.31. The number of hydrogen-bond donors (Lipinski definition) is 1. The number of hydrogen-bond acceptors (Lipinski definition) is 4. The van der Waals surface area contributed by atoms with E-state index in [4.69, 9.17) is 9.47 Å². The van der Waals surface area contributed by atoms with E-state index in [2.05, 4.69) is 5.32 Å². The van der Waals surface area contributed by atoms with E-state index in [1.54, 1.807) is 24.3 Å². The Kier molecular flexibility index (Phi) is 4.59. The summed E-state index contributed by atoms with van der Waals surface area (Å²) in [7, 11) is 0. The van der Waals surface area contributed by atoms with Gasteiger partial charge in [0, 0.05) is 0 Å². The number of benzene rings is 1. The molecule has 1 aliphatic rings. The summed E-state index contributed by atoms with van der Waals surface area (Å²) in [6, 6.07) is 7.08. The van der Waals surface area contributed by atoms with Gasteiger partial charge in [-0.05, 0) is 57.1 Å². The molecule has 0 radical (unpaired) electrons. The molecule has 1 fully saturated rings. The SMILES string of the molecule is CCOc1ccc(C(=O)OC2CCNCC2)cc1. The van der Waals surface area contributed by atoms with Gasteiger partial charge in [0.1, 0.15) is 11.9 Å². The summed E-state index contributed by atoms with van der Waals surface area (Å²) >= 11 is 0. The van der Waals surface area contributed by atoms with Gasteiger partial charge in [-0.15, -0.1) is 0 Å². The number of rotatable bonds is 4. The van der Waals surface area contributed by atoms with Crippen LogP contribution >= 0.6 is 0 Å². The Hall–Kier alpha value is -1.55. The zero-order valence-corrected chi connectivity index (χ0v) is 10.6. The maximum atomic E-state index is 11.9. The zero-order chi connectivity index (χ0) is 12.8. The maximum absolute atomic E-state index is 11.9. The summed E-state index contributed by atoms with van der Waals surface area (Å²) in [4.78, 5) is 11.9. The molecule has 0 amide bonds. The van der Waals surface area contributed by atoms with Crippen molar-refractivity contribution in [2.75, 3.05) is 19.7 Å². The van der Waals surface area contributed by atoms with Gasteiger partial charge in [0.2, 0.25) is 0 Å². The first-order valence-corrected chi connectivity index (χ1v) is 6.44. The van der Waals surface area contributed by atoms with E-state index < -0.39 is 0 Å². The van der Waals surface area contributed by atoms with Crippen molar-refractivity contribution in [2.24, 2.45) is 0 Å². The molecule has 1 aromatic carbocycles. The van der Waals surface area contributed by atoms with Crippen LogP contribution in [0.4, 0.5) is 0 Å². The fraction of sp³-hybridized carbons (Fsp3) is 0.500. The molecular weight excluding hydrogens is 230 g/mol. The molecule has 0 spiro atoms. The molecule has 4 heteroatoms. The van der Waals surface area contributed by atoms with E-state index >= 15 is 0 Å². The third-order valence-electron chi connectivity index (χ3n) is 2.96. The Balaban J connectivity index is 1.91. The lowest BCUT2D eigenvalue weighted by molar-refractivity contribution is 0.0229. The minimum absolute atomic E-state index is 0.0466. The molecule has 0 bridgehead atoms. The highest BCUT2D eigenvalue weighted by molar-refractivity contribution is 5.89. The zero-order valence-electron chi connectivity index (χ0n) is 10.6. The van der Waals surface area contributed by atoms with Gasteiger partial charge in [-0.1, -0.05) is 0 Å². The number of carbonyl (C=O) groups is 1. The van der Waals surface area contributed by atoms with Gasteiger partial charge in [0.05, 0.1) is 12.2 Å². The van der Waals surface area contributed by atoms with Gasteiger partial charge in [0.25, 0.3) is 0 Å². The third-order valence-corrected chi connectivity index (χ3v) is 2.96. The molecule has 98 valence electrons. The van der Waals surface area contributed by atoms with Gasteiger partial charge in [0.15, 0.2) is 0 Å². The van der Waals surface area contributed by atoms with E-state index in [0.29, 0.717) is 12.2 Å². The molecule has 1 aromatic rings. The fourth-order valence-corrected chi connectivity index (χ4v) is 1.99. The number of esters is 1. The van der Waals surface area contributed by atoms with Crippen molar-refractivity contribution in [1.82, 2.24) is 5.32 Å². The van der Waals surface area contributed by atoms with E-state index in [9.17, 15) is 4.79 Å². The average molecular weight is 249 g/mol. The fourth-order valence-electron chi connectivity index (χ4n) is 1.99. The van der Waals surface area contributed by atoms with Crippen LogP contribution in [0.5, 0.6) is 5.75 Å². The quantitative estimate of drug-likeness (QED) is 0.829. The topological polar surface area (TPSA) is 47.6 Å². The Morgan fingerprint density at radius 2 is 1.94 bits per heavy atom. The van der Waals surface area contributed by atoms with Crippen LogP contribution in [0.1, 0.15) is 30.1 Å². The molecule has 1 saturated heterocycles. The summed E-state index contributed by atoms with van der Waals surface area (Å²) in [6.07, 6.45) is 1.83. The largest absolute Gasteiger partial charge is 0.494 e. The van der Waals surface area contributed by atoms with Crippen LogP contribution in [0.2, 0.25) is 0 Å². The molecule has 0 unspecified atom stereocenters. The second-order valence-electron chi connectivity index (χ2n) is 4.31. The van der Waals surface area contributed by atoms with Crippen LogP contribution in [0.15, 0.2) is 24.3 Å². The van der Waals surface area contributed by atoms with Gasteiger partial charge in [-0.2, -0.15) is 0 Å². The third kappa shape index (κ3) is 3.47. The Morgan fingerprint density at radius 3 is 2.56 bits per heavy atom.